The summed E-state index contributed by atoms with van der Waals surface area (Å²) in [6, 6.07) is 14.7. The molecule has 3 aromatic rings. The third-order valence-electron chi connectivity index (χ3n) is 4.10. The van der Waals surface area contributed by atoms with Crippen molar-refractivity contribution in [2.24, 2.45) is 0 Å². The van der Waals surface area contributed by atoms with E-state index in [1.165, 1.54) is 4.68 Å². The monoisotopic (exact) mass is 338 g/mol. The number of benzene rings is 2. The van der Waals surface area contributed by atoms with Gasteiger partial charge in [-0.3, -0.25) is 4.79 Å². The SMILES string of the molecule is Cc1ccc2c(c1)-c1nn(-c3ccc(Cl)cc3)c(=O)cc1CCO2. The first-order valence-corrected chi connectivity index (χ1v) is 8.12. The molecule has 0 bridgehead atoms. The van der Waals surface area contributed by atoms with Crippen LogP contribution >= 0.6 is 11.6 Å². The summed E-state index contributed by atoms with van der Waals surface area (Å²) in [6.45, 7) is 2.56. The minimum Gasteiger partial charge on any atom is -0.493 e. The van der Waals surface area contributed by atoms with Gasteiger partial charge in [-0.05, 0) is 48.9 Å². The molecule has 5 heteroatoms. The number of rotatable bonds is 1. The summed E-state index contributed by atoms with van der Waals surface area (Å²) in [7, 11) is 0. The Balaban J connectivity index is 1.96. The molecule has 0 fully saturated rings. The Morgan fingerprint density at radius 2 is 1.92 bits per heavy atom. The van der Waals surface area contributed by atoms with Gasteiger partial charge in [0.2, 0.25) is 0 Å². The van der Waals surface area contributed by atoms with Crippen LogP contribution in [0.5, 0.6) is 5.75 Å². The first-order valence-electron chi connectivity index (χ1n) is 7.75. The molecule has 0 amide bonds. The van der Waals surface area contributed by atoms with Crippen molar-refractivity contribution in [2.45, 2.75) is 13.3 Å². The summed E-state index contributed by atoms with van der Waals surface area (Å²) in [5.74, 6) is 0.799. The molecule has 0 saturated heterocycles. The molecular weight excluding hydrogens is 324 g/mol. The molecule has 0 spiro atoms. The van der Waals surface area contributed by atoms with Crippen LogP contribution in [0.15, 0.2) is 53.3 Å². The summed E-state index contributed by atoms with van der Waals surface area (Å²) < 4.78 is 7.23. The van der Waals surface area contributed by atoms with Crippen LogP contribution < -0.4 is 10.3 Å². The Morgan fingerprint density at radius 1 is 1.12 bits per heavy atom. The molecule has 0 unspecified atom stereocenters. The Hall–Kier alpha value is -2.59. The summed E-state index contributed by atoms with van der Waals surface area (Å²) in [5, 5.41) is 5.26. The van der Waals surface area contributed by atoms with Crippen LogP contribution in [0.25, 0.3) is 16.9 Å². The molecule has 0 saturated carbocycles. The van der Waals surface area contributed by atoms with E-state index in [0.29, 0.717) is 23.7 Å². The number of halogens is 1. The third-order valence-corrected chi connectivity index (χ3v) is 4.35. The number of hydrogen-bond donors (Lipinski definition) is 0. The molecule has 0 atom stereocenters. The van der Waals surface area contributed by atoms with E-state index in [9.17, 15) is 4.79 Å². The van der Waals surface area contributed by atoms with Crippen LogP contribution in [-0.4, -0.2) is 16.4 Å². The third kappa shape index (κ3) is 2.59. The second-order valence-electron chi connectivity index (χ2n) is 5.84. The van der Waals surface area contributed by atoms with Crippen molar-refractivity contribution in [3.8, 4) is 22.7 Å². The van der Waals surface area contributed by atoms with Crippen molar-refractivity contribution in [1.82, 2.24) is 9.78 Å². The van der Waals surface area contributed by atoms with Gasteiger partial charge in [0.05, 0.1) is 18.0 Å². The summed E-state index contributed by atoms with van der Waals surface area (Å²) in [5.41, 5.74) is 4.27. The van der Waals surface area contributed by atoms with Gasteiger partial charge in [-0.15, -0.1) is 0 Å². The van der Waals surface area contributed by atoms with Crippen molar-refractivity contribution < 1.29 is 4.74 Å². The first-order chi connectivity index (χ1) is 11.6. The average Bonchev–Trinajstić information content (AvgIpc) is 2.74. The van der Waals surface area contributed by atoms with E-state index in [1.807, 2.05) is 25.1 Å². The fraction of sp³-hybridized carbons (Fsp3) is 0.158. The maximum absolute atomic E-state index is 12.5. The zero-order chi connectivity index (χ0) is 16.7. The Kier molecular flexibility index (Phi) is 3.62. The molecule has 24 heavy (non-hydrogen) atoms. The van der Waals surface area contributed by atoms with Crippen molar-refractivity contribution in [2.75, 3.05) is 6.61 Å². The summed E-state index contributed by atoms with van der Waals surface area (Å²) in [4.78, 5) is 12.5. The topological polar surface area (TPSA) is 44.1 Å². The van der Waals surface area contributed by atoms with E-state index in [1.54, 1.807) is 30.3 Å². The Bertz CT molecular complexity index is 978. The van der Waals surface area contributed by atoms with Gasteiger partial charge < -0.3 is 4.74 Å². The highest BCUT2D eigenvalue weighted by molar-refractivity contribution is 6.30. The van der Waals surface area contributed by atoms with Gasteiger partial charge in [0.15, 0.2) is 0 Å². The molecule has 1 aromatic heterocycles. The second-order valence-corrected chi connectivity index (χ2v) is 6.28. The molecule has 4 nitrogen and oxygen atoms in total. The summed E-state index contributed by atoms with van der Waals surface area (Å²) >= 11 is 5.94. The highest BCUT2D eigenvalue weighted by Gasteiger charge is 2.19. The summed E-state index contributed by atoms with van der Waals surface area (Å²) in [6.07, 6.45) is 0.659. The lowest BCUT2D eigenvalue weighted by Crippen LogP contribution is -2.22. The van der Waals surface area contributed by atoms with E-state index in [-0.39, 0.29) is 5.56 Å². The zero-order valence-corrected chi connectivity index (χ0v) is 13.9. The number of hydrogen-bond acceptors (Lipinski definition) is 3. The molecule has 0 N–H and O–H groups in total. The van der Waals surface area contributed by atoms with Crippen molar-refractivity contribution >= 4 is 11.6 Å². The Labute approximate surface area is 144 Å². The van der Waals surface area contributed by atoms with E-state index in [0.717, 1.165) is 28.1 Å². The standard InChI is InChI=1S/C19H15ClN2O2/c1-12-2-7-17-16(10-12)19-13(8-9-24-17)11-18(23)22(21-19)15-5-3-14(20)4-6-15/h2-7,10-11H,8-9H2,1H3. The maximum Gasteiger partial charge on any atom is 0.271 e. The van der Waals surface area contributed by atoms with E-state index < -0.39 is 0 Å². The molecule has 4 rings (SSSR count). The van der Waals surface area contributed by atoms with Crippen LogP contribution in [0.2, 0.25) is 5.02 Å². The van der Waals surface area contributed by atoms with Gasteiger partial charge in [0.25, 0.3) is 5.56 Å². The van der Waals surface area contributed by atoms with Crippen LogP contribution in [-0.2, 0) is 6.42 Å². The minimum absolute atomic E-state index is 0.160. The number of ether oxygens (including phenoxy) is 1. The van der Waals surface area contributed by atoms with Gasteiger partial charge in [-0.1, -0.05) is 23.2 Å². The molecule has 120 valence electrons. The van der Waals surface area contributed by atoms with Gasteiger partial charge in [-0.2, -0.15) is 9.78 Å². The maximum atomic E-state index is 12.5. The fourth-order valence-electron chi connectivity index (χ4n) is 2.90. The second kappa shape index (κ2) is 5.80. The molecule has 0 aliphatic carbocycles. The smallest absolute Gasteiger partial charge is 0.271 e. The van der Waals surface area contributed by atoms with Crippen LogP contribution in [0, 0.1) is 6.92 Å². The predicted octanol–water partition coefficient (Wildman–Crippen LogP) is 3.80. The van der Waals surface area contributed by atoms with E-state index in [4.69, 9.17) is 16.3 Å². The normalized spacial score (nSPS) is 12.8. The lowest BCUT2D eigenvalue weighted by Gasteiger charge is -2.11. The lowest BCUT2D eigenvalue weighted by atomic mass is 10.0. The predicted molar refractivity (Wildman–Crippen MR) is 94.2 cm³/mol. The number of nitrogens with zero attached hydrogens (tertiary/aromatic N) is 2. The van der Waals surface area contributed by atoms with Gasteiger partial charge >= 0.3 is 0 Å². The van der Waals surface area contributed by atoms with Crippen molar-refractivity contribution in [3.63, 3.8) is 0 Å². The molecule has 2 heterocycles. The molecule has 2 aromatic carbocycles. The first kappa shape index (κ1) is 15.0. The van der Waals surface area contributed by atoms with E-state index >= 15 is 0 Å². The number of fused-ring (bicyclic) bond motifs is 3. The Morgan fingerprint density at radius 3 is 2.71 bits per heavy atom. The minimum atomic E-state index is -0.160. The van der Waals surface area contributed by atoms with Crippen molar-refractivity contribution in [1.29, 1.82) is 0 Å². The fourth-order valence-corrected chi connectivity index (χ4v) is 3.03. The van der Waals surface area contributed by atoms with Gasteiger partial charge in [0.1, 0.15) is 5.75 Å². The van der Waals surface area contributed by atoms with Crippen LogP contribution in [0.4, 0.5) is 0 Å². The molecule has 1 aliphatic heterocycles. The van der Waals surface area contributed by atoms with E-state index in [2.05, 4.69) is 5.10 Å². The average molecular weight is 339 g/mol. The quantitative estimate of drug-likeness (QED) is 0.678. The molecule has 0 radical (unpaired) electrons. The number of aromatic nitrogens is 2. The molecule has 1 aliphatic rings. The molecular formula is C19H15ClN2O2. The van der Waals surface area contributed by atoms with Crippen LogP contribution in [0.1, 0.15) is 11.1 Å². The van der Waals surface area contributed by atoms with Crippen LogP contribution in [0.3, 0.4) is 0 Å². The highest BCUT2D eigenvalue weighted by Crippen LogP contribution is 2.34. The highest BCUT2D eigenvalue weighted by atomic mass is 35.5. The lowest BCUT2D eigenvalue weighted by molar-refractivity contribution is 0.326. The zero-order valence-electron chi connectivity index (χ0n) is 13.1. The van der Waals surface area contributed by atoms with Crippen molar-refractivity contribution in [3.05, 3.63) is 75.0 Å². The largest absolute Gasteiger partial charge is 0.493 e. The number of aryl methyl sites for hydroxylation is 1. The van der Waals surface area contributed by atoms with Gasteiger partial charge in [0, 0.05) is 23.1 Å². The van der Waals surface area contributed by atoms with Gasteiger partial charge in [-0.25, -0.2) is 0 Å².